The lowest BCUT2D eigenvalue weighted by molar-refractivity contribution is 0.188. The van der Waals surface area contributed by atoms with Crippen molar-refractivity contribution in [2.24, 2.45) is 5.92 Å². The fraction of sp³-hybridized carbons (Fsp3) is 0.538. The normalized spacial score (nSPS) is 22.8. The summed E-state index contributed by atoms with van der Waals surface area (Å²) in [6, 6.07) is 5.78. The van der Waals surface area contributed by atoms with Crippen molar-refractivity contribution >= 4 is 31.6 Å². The molecule has 2 aliphatic heterocycles. The molecule has 0 bridgehead atoms. The van der Waals surface area contributed by atoms with Gasteiger partial charge in [-0.05, 0) is 36.6 Å². The number of anilines is 1. The third kappa shape index (κ3) is 2.66. The molecule has 1 aromatic carbocycles. The van der Waals surface area contributed by atoms with Crippen molar-refractivity contribution in [1.82, 2.24) is 0 Å². The predicted molar refractivity (Wildman–Crippen MR) is 77.9 cm³/mol. The molecule has 0 radical (unpaired) electrons. The van der Waals surface area contributed by atoms with Crippen molar-refractivity contribution in [1.29, 1.82) is 0 Å². The van der Waals surface area contributed by atoms with Crippen LogP contribution >= 0.6 is 15.9 Å². The average molecular weight is 346 g/mol. The summed E-state index contributed by atoms with van der Waals surface area (Å²) < 4.78 is 32.8. The molecular formula is C13H16BrNO3S. The number of hydrogen-bond donors (Lipinski definition) is 0. The molecule has 4 nitrogen and oxygen atoms in total. The van der Waals surface area contributed by atoms with Gasteiger partial charge in [-0.1, -0.05) is 15.9 Å². The molecule has 1 atom stereocenters. The molecule has 3 rings (SSSR count). The van der Waals surface area contributed by atoms with Gasteiger partial charge in [-0.2, -0.15) is 0 Å². The zero-order valence-corrected chi connectivity index (χ0v) is 12.9. The van der Waals surface area contributed by atoms with Gasteiger partial charge in [-0.15, -0.1) is 0 Å². The first-order valence-electron chi connectivity index (χ1n) is 6.43. The third-order valence-electron chi connectivity index (χ3n) is 3.70. The van der Waals surface area contributed by atoms with Gasteiger partial charge in [-0.3, -0.25) is 4.31 Å². The van der Waals surface area contributed by atoms with Crippen LogP contribution in [0.2, 0.25) is 0 Å². The molecule has 0 amide bonds. The Hall–Kier alpha value is -0.590. The summed E-state index contributed by atoms with van der Waals surface area (Å²) >= 11 is 3.42. The van der Waals surface area contributed by atoms with Crippen molar-refractivity contribution in [3.8, 4) is 0 Å². The zero-order valence-electron chi connectivity index (χ0n) is 10.5. The Morgan fingerprint density at radius 3 is 3.00 bits per heavy atom. The summed E-state index contributed by atoms with van der Waals surface area (Å²) in [5.74, 6) is 0.340. The Morgan fingerprint density at radius 2 is 2.26 bits per heavy atom. The third-order valence-corrected chi connectivity index (χ3v) is 6.14. The van der Waals surface area contributed by atoms with Gasteiger partial charge in [0.25, 0.3) is 0 Å². The van der Waals surface area contributed by atoms with E-state index in [2.05, 4.69) is 15.9 Å². The van der Waals surface area contributed by atoms with Gasteiger partial charge < -0.3 is 4.74 Å². The maximum atomic E-state index is 12.5. The number of hydrogen-bond acceptors (Lipinski definition) is 3. The van der Waals surface area contributed by atoms with Crippen molar-refractivity contribution in [3.05, 3.63) is 28.2 Å². The SMILES string of the molecule is O=S(=O)(C[C@H]1CCOC1)N1CCc2cc(Br)ccc21. The maximum absolute atomic E-state index is 12.5. The van der Waals surface area contributed by atoms with Crippen LogP contribution in [0.5, 0.6) is 0 Å². The first-order valence-corrected chi connectivity index (χ1v) is 8.83. The minimum absolute atomic E-state index is 0.143. The molecular weight excluding hydrogens is 330 g/mol. The summed E-state index contributed by atoms with van der Waals surface area (Å²) in [6.45, 7) is 1.81. The van der Waals surface area contributed by atoms with Gasteiger partial charge in [0.2, 0.25) is 10.0 Å². The molecule has 2 aliphatic rings. The molecule has 0 N–H and O–H groups in total. The smallest absolute Gasteiger partial charge is 0.235 e. The molecule has 19 heavy (non-hydrogen) atoms. The van der Waals surface area contributed by atoms with E-state index in [0.29, 0.717) is 19.8 Å². The standard InChI is InChI=1S/C13H16BrNO3S/c14-12-1-2-13-11(7-12)3-5-15(13)19(16,17)9-10-4-6-18-8-10/h1-2,7,10H,3-6,8-9H2/t10-/m0/s1. The second-order valence-electron chi connectivity index (χ2n) is 5.10. The first kappa shape index (κ1) is 13.4. The largest absolute Gasteiger partial charge is 0.381 e. The first-order chi connectivity index (χ1) is 9.06. The van der Waals surface area contributed by atoms with E-state index in [9.17, 15) is 8.42 Å². The highest BCUT2D eigenvalue weighted by molar-refractivity contribution is 9.10. The summed E-state index contributed by atoms with van der Waals surface area (Å²) in [7, 11) is -3.23. The molecule has 0 saturated carbocycles. The highest BCUT2D eigenvalue weighted by Gasteiger charge is 2.32. The monoisotopic (exact) mass is 345 g/mol. The number of fused-ring (bicyclic) bond motifs is 1. The minimum Gasteiger partial charge on any atom is -0.381 e. The Kier molecular flexibility index (Phi) is 3.57. The van der Waals surface area contributed by atoms with E-state index in [0.717, 1.165) is 28.6 Å². The lowest BCUT2D eigenvalue weighted by Crippen LogP contribution is -2.34. The van der Waals surface area contributed by atoms with Crippen LogP contribution in [0.4, 0.5) is 5.69 Å². The van der Waals surface area contributed by atoms with Gasteiger partial charge >= 0.3 is 0 Å². The van der Waals surface area contributed by atoms with Gasteiger partial charge in [0.1, 0.15) is 0 Å². The molecule has 1 aromatic rings. The quantitative estimate of drug-likeness (QED) is 0.843. The van der Waals surface area contributed by atoms with Crippen LogP contribution in [-0.2, 0) is 21.2 Å². The Morgan fingerprint density at radius 1 is 1.42 bits per heavy atom. The van der Waals surface area contributed by atoms with Crippen molar-refractivity contribution in [3.63, 3.8) is 0 Å². The van der Waals surface area contributed by atoms with Crippen LogP contribution in [-0.4, -0.2) is 33.9 Å². The fourth-order valence-corrected chi connectivity index (χ4v) is 5.03. The predicted octanol–water partition coefficient (Wildman–Crippen LogP) is 2.18. The van der Waals surface area contributed by atoms with E-state index in [-0.39, 0.29) is 11.7 Å². The van der Waals surface area contributed by atoms with E-state index in [1.54, 1.807) is 4.31 Å². The summed E-state index contributed by atoms with van der Waals surface area (Å²) in [5.41, 5.74) is 1.93. The number of sulfonamides is 1. The molecule has 0 aromatic heterocycles. The average Bonchev–Trinajstić information content (AvgIpc) is 2.96. The molecule has 2 heterocycles. The van der Waals surface area contributed by atoms with E-state index >= 15 is 0 Å². The van der Waals surface area contributed by atoms with E-state index in [4.69, 9.17) is 4.74 Å². The minimum atomic E-state index is -3.23. The number of ether oxygens (including phenoxy) is 1. The van der Waals surface area contributed by atoms with Crippen LogP contribution < -0.4 is 4.31 Å². The molecule has 104 valence electrons. The second kappa shape index (κ2) is 5.07. The van der Waals surface area contributed by atoms with E-state index in [1.807, 2.05) is 18.2 Å². The summed E-state index contributed by atoms with van der Waals surface area (Å²) in [5, 5.41) is 0. The Bertz CT molecular complexity index is 582. The van der Waals surface area contributed by atoms with Gasteiger partial charge in [0.15, 0.2) is 0 Å². The highest BCUT2D eigenvalue weighted by atomic mass is 79.9. The number of halogens is 1. The van der Waals surface area contributed by atoms with E-state index in [1.165, 1.54) is 0 Å². The zero-order chi connectivity index (χ0) is 13.5. The molecule has 6 heteroatoms. The van der Waals surface area contributed by atoms with Crippen molar-refractivity contribution in [2.45, 2.75) is 12.8 Å². The van der Waals surface area contributed by atoms with Crippen molar-refractivity contribution in [2.75, 3.05) is 29.8 Å². The number of nitrogens with zero attached hydrogens (tertiary/aromatic N) is 1. The lowest BCUT2D eigenvalue weighted by Gasteiger charge is -2.21. The molecule has 0 spiro atoms. The highest BCUT2D eigenvalue weighted by Crippen LogP contribution is 2.33. The van der Waals surface area contributed by atoms with Gasteiger partial charge in [0.05, 0.1) is 18.0 Å². The Balaban J connectivity index is 1.83. The maximum Gasteiger partial charge on any atom is 0.235 e. The molecule has 1 saturated heterocycles. The number of rotatable bonds is 3. The van der Waals surface area contributed by atoms with Gasteiger partial charge in [0, 0.05) is 23.5 Å². The van der Waals surface area contributed by atoms with Crippen LogP contribution in [0.15, 0.2) is 22.7 Å². The number of benzene rings is 1. The van der Waals surface area contributed by atoms with Crippen LogP contribution in [0, 0.1) is 5.92 Å². The fourth-order valence-electron chi connectivity index (χ4n) is 2.73. The summed E-state index contributed by atoms with van der Waals surface area (Å²) in [4.78, 5) is 0. The van der Waals surface area contributed by atoms with E-state index < -0.39 is 10.0 Å². The van der Waals surface area contributed by atoms with Crippen LogP contribution in [0.25, 0.3) is 0 Å². The summed E-state index contributed by atoms with van der Waals surface area (Å²) in [6.07, 6.45) is 1.63. The topological polar surface area (TPSA) is 46.6 Å². The van der Waals surface area contributed by atoms with Crippen LogP contribution in [0.1, 0.15) is 12.0 Å². The van der Waals surface area contributed by atoms with Crippen LogP contribution in [0.3, 0.4) is 0 Å². The Labute approximate surface area is 121 Å². The molecule has 1 fully saturated rings. The molecule has 0 unspecified atom stereocenters. The van der Waals surface area contributed by atoms with Gasteiger partial charge in [-0.25, -0.2) is 8.42 Å². The van der Waals surface area contributed by atoms with Crippen molar-refractivity contribution < 1.29 is 13.2 Å². The molecule has 0 aliphatic carbocycles. The lowest BCUT2D eigenvalue weighted by atomic mass is 10.2. The second-order valence-corrected chi connectivity index (χ2v) is 7.96.